The molecule has 0 N–H and O–H groups in total. The van der Waals surface area contributed by atoms with Gasteiger partial charge in [0.05, 0.1) is 0 Å². The molecule has 0 aliphatic carbocycles. The minimum Gasteiger partial charge on any atom is -0.286 e. The topological polar surface area (TPSA) is 59.0 Å². The summed E-state index contributed by atoms with van der Waals surface area (Å²) in [6.45, 7) is 0. The Balaban J connectivity index is 1.73. The molecule has 0 saturated carbocycles. The van der Waals surface area contributed by atoms with Crippen molar-refractivity contribution in [2.24, 2.45) is 0 Å². The average molecular weight is 322 g/mol. The highest BCUT2D eigenvalue weighted by Crippen LogP contribution is 2.27. The zero-order valence-electron chi connectivity index (χ0n) is 12.5. The van der Waals surface area contributed by atoms with Gasteiger partial charge in [0, 0.05) is 31.1 Å². The molecule has 2 heterocycles. The van der Waals surface area contributed by atoms with E-state index in [1.54, 1.807) is 25.5 Å². The van der Waals surface area contributed by atoms with Gasteiger partial charge in [0.1, 0.15) is 5.01 Å². The third kappa shape index (κ3) is 3.67. The van der Waals surface area contributed by atoms with E-state index in [0.717, 1.165) is 16.1 Å². The molecule has 6 heteroatoms. The Morgan fingerprint density at radius 1 is 1.09 bits per heavy atom. The third-order valence-electron chi connectivity index (χ3n) is 3.18. The molecule has 0 aliphatic heterocycles. The molecule has 2 aromatic heterocycles. The number of likely N-dealkylation sites (N-methyl/N-ethyl adjacent to an activating group) is 1. The van der Waals surface area contributed by atoms with Crippen molar-refractivity contribution >= 4 is 28.5 Å². The lowest BCUT2D eigenvalue weighted by Gasteiger charge is -2.09. The zero-order chi connectivity index (χ0) is 16.1. The van der Waals surface area contributed by atoms with E-state index in [1.807, 2.05) is 42.5 Å². The molecule has 1 aromatic carbocycles. The second-order valence-electron chi connectivity index (χ2n) is 4.77. The number of pyridine rings is 1. The first kappa shape index (κ1) is 15.1. The summed E-state index contributed by atoms with van der Waals surface area (Å²) < 4.78 is 0. The molecule has 1 amide bonds. The van der Waals surface area contributed by atoms with Crippen molar-refractivity contribution in [3.63, 3.8) is 0 Å². The van der Waals surface area contributed by atoms with Gasteiger partial charge in [-0.2, -0.15) is 0 Å². The van der Waals surface area contributed by atoms with Crippen molar-refractivity contribution < 1.29 is 4.79 Å². The summed E-state index contributed by atoms with van der Waals surface area (Å²) in [4.78, 5) is 17.7. The van der Waals surface area contributed by atoms with Crippen LogP contribution in [0, 0.1) is 0 Å². The molecule has 0 saturated heterocycles. The van der Waals surface area contributed by atoms with Gasteiger partial charge in [-0.3, -0.25) is 14.7 Å². The van der Waals surface area contributed by atoms with E-state index in [2.05, 4.69) is 15.2 Å². The molecule has 23 heavy (non-hydrogen) atoms. The Hall–Kier alpha value is -2.86. The first-order chi connectivity index (χ1) is 11.2. The lowest BCUT2D eigenvalue weighted by atomic mass is 10.2. The summed E-state index contributed by atoms with van der Waals surface area (Å²) in [5.74, 6) is -0.147. The van der Waals surface area contributed by atoms with Crippen LogP contribution in [0.2, 0.25) is 0 Å². The number of rotatable bonds is 4. The summed E-state index contributed by atoms with van der Waals surface area (Å²) in [7, 11) is 1.69. The van der Waals surface area contributed by atoms with Crippen LogP contribution in [0.3, 0.4) is 0 Å². The Morgan fingerprint density at radius 3 is 2.57 bits per heavy atom. The molecule has 0 fully saturated rings. The van der Waals surface area contributed by atoms with Crippen LogP contribution in [-0.4, -0.2) is 28.1 Å². The fourth-order valence-electron chi connectivity index (χ4n) is 1.90. The number of amides is 1. The van der Waals surface area contributed by atoms with E-state index in [4.69, 9.17) is 0 Å². The highest BCUT2D eigenvalue weighted by Gasteiger charge is 2.14. The number of aromatic nitrogens is 3. The summed E-state index contributed by atoms with van der Waals surface area (Å²) >= 11 is 1.37. The first-order valence-corrected chi connectivity index (χ1v) is 7.80. The number of hydrogen-bond acceptors (Lipinski definition) is 5. The molecule has 0 radical (unpaired) electrons. The van der Waals surface area contributed by atoms with E-state index >= 15 is 0 Å². The highest BCUT2D eigenvalue weighted by atomic mass is 32.1. The van der Waals surface area contributed by atoms with Crippen molar-refractivity contribution in [1.29, 1.82) is 0 Å². The zero-order valence-corrected chi connectivity index (χ0v) is 13.3. The van der Waals surface area contributed by atoms with Gasteiger partial charge in [-0.1, -0.05) is 41.7 Å². The standard InChI is InChI=1S/C17H14N4OS/c1-21(15(22)8-7-13-5-3-2-4-6-13)17-20-19-16(23-17)14-9-11-18-12-10-14/h2-12H,1H3. The molecule has 114 valence electrons. The van der Waals surface area contributed by atoms with Gasteiger partial charge in [0.25, 0.3) is 5.91 Å². The monoisotopic (exact) mass is 322 g/mol. The van der Waals surface area contributed by atoms with Gasteiger partial charge in [-0.15, -0.1) is 10.2 Å². The smallest absolute Gasteiger partial charge is 0.252 e. The Bertz CT molecular complexity index is 815. The van der Waals surface area contributed by atoms with Crippen molar-refractivity contribution in [1.82, 2.24) is 15.2 Å². The largest absolute Gasteiger partial charge is 0.286 e. The predicted molar refractivity (Wildman–Crippen MR) is 92.0 cm³/mol. The molecule has 3 aromatic rings. The molecule has 0 unspecified atom stereocenters. The van der Waals surface area contributed by atoms with Crippen LogP contribution in [0.4, 0.5) is 5.13 Å². The fraction of sp³-hybridized carbons (Fsp3) is 0.0588. The van der Waals surface area contributed by atoms with Gasteiger partial charge >= 0.3 is 0 Å². The lowest BCUT2D eigenvalue weighted by molar-refractivity contribution is -0.113. The number of carbonyl (C=O) groups excluding carboxylic acids is 1. The fourth-order valence-corrected chi connectivity index (χ4v) is 2.72. The maximum absolute atomic E-state index is 12.2. The minimum atomic E-state index is -0.147. The Labute approximate surface area is 138 Å². The predicted octanol–water partition coefficient (Wildman–Crippen LogP) is 3.28. The van der Waals surface area contributed by atoms with E-state index in [0.29, 0.717) is 5.13 Å². The summed E-state index contributed by atoms with van der Waals surface area (Å²) in [6, 6.07) is 13.4. The number of carbonyl (C=O) groups is 1. The highest BCUT2D eigenvalue weighted by molar-refractivity contribution is 7.18. The van der Waals surface area contributed by atoms with Crippen LogP contribution in [0.1, 0.15) is 5.56 Å². The van der Waals surface area contributed by atoms with E-state index in [9.17, 15) is 4.79 Å². The van der Waals surface area contributed by atoms with E-state index in [-0.39, 0.29) is 5.91 Å². The molecule has 0 atom stereocenters. The summed E-state index contributed by atoms with van der Waals surface area (Å²) in [6.07, 6.45) is 6.72. The Kier molecular flexibility index (Phi) is 4.54. The third-order valence-corrected chi connectivity index (χ3v) is 4.23. The lowest BCUT2D eigenvalue weighted by Crippen LogP contribution is -2.23. The maximum atomic E-state index is 12.2. The molecule has 0 aliphatic rings. The number of anilines is 1. The summed E-state index contributed by atoms with van der Waals surface area (Å²) in [5, 5.41) is 9.53. The second-order valence-corrected chi connectivity index (χ2v) is 5.72. The van der Waals surface area contributed by atoms with Gasteiger partial charge in [0.15, 0.2) is 0 Å². The van der Waals surface area contributed by atoms with Crippen molar-refractivity contribution in [3.8, 4) is 10.6 Å². The van der Waals surface area contributed by atoms with Gasteiger partial charge in [-0.25, -0.2) is 0 Å². The number of benzene rings is 1. The number of nitrogens with zero attached hydrogens (tertiary/aromatic N) is 4. The van der Waals surface area contributed by atoms with E-state index < -0.39 is 0 Å². The maximum Gasteiger partial charge on any atom is 0.252 e. The van der Waals surface area contributed by atoms with Crippen LogP contribution < -0.4 is 4.90 Å². The number of hydrogen-bond donors (Lipinski definition) is 0. The molecule has 0 bridgehead atoms. The van der Waals surface area contributed by atoms with Crippen LogP contribution in [0.5, 0.6) is 0 Å². The Morgan fingerprint density at radius 2 is 1.83 bits per heavy atom. The van der Waals surface area contributed by atoms with Crippen LogP contribution in [-0.2, 0) is 4.79 Å². The van der Waals surface area contributed by atoms with Crippen LogP contribution >= 0.6 is 11.3 Å². The average Bonchev–Trinajstić information content (AvgIpc) is 3.11. The van der Waals surface area contributed by atoms with Crippen LogP contribution in [0.15, 0.2) is 60.9 Å². The van der Waals surface area contributed by atoms with Crippen molar-refractivity contribution in [2.75, 3.05) is 11.9 Å². The normalized spacial score (nSPS) is 10.8. The SMILES string of the molecule is CN(C(=O)C=Cc1ccccc1)c1nnc(-c2ccncc2)s1. The van der Waals surface area contributed by atoms with Gasteiger partial charge in [-0.05, 0) is 23.8 Å². The quantitative estimate of drug-likeness (QED) is 0.692. The van der Waals surface area contributed by atoms with Gasteiger partial charge in [0.2, 0.25) is 5.13 Å². The molecular weight excluding hydrogens is 308 g/mol. The molecule has 0 spiro atoms. The summed E-state index contributed by atoms with van der Waals surface area (Å²) in [5.41, 5.74) is 1.91. The molecule has 3 rings (SSSR count). The first-order valence-electron chi connectivity index (χ1n) is 6.99. The van der Waals surface area contributed by atoms with Crippen LogP contribution in [0.25, 0.3) is 16.6 Å². The van der Waals surface area contributed by atoms with Crippen molar-refractivity contribution in [2.45, 2.75) is 0 Å². The molecular formula is C17H14N4OS. The minimum absolute atomic E-state index is 0.147. The second kappa shape index (κ2) is 6.93. The van der Waals surface area contributed by atoms with Gasteiger partial charge < -0.3 is 0 Å². The molecule has 5 nitrogen and oxygen atoms in total. The van der Waals surface area contributed by atoms with E-state index in [1.165, 1.54) is 22.3 Å². The van der Waals surface area contributed by atoms with Crippen molar-refractivity contribution in [3.05, 3.63) is 66.5 Å².